The SMILES string of the molecule is CC1CCc2ccccc2N1S(N)(=O)=O. The van der Waals surface area contributed by atoms with E-state index in [2.05, 4.69) is 0 Å². The van der Waals surface area contributed by atoms with E-state index in [4.69, 9.17) is 5.14 Å². The zero-order chi connectivity index (χ0) is 11.1. The number of hydrogen-bond acceptors (Lipinski definition) is 2. The third kappa shape index (κ3) is 1.85. The monoisotopic (exact) mass is 226 g/mol. The number of hydrogen-bond donors (Lipinski definition) is 1. The van der Waals surface area contributed by atoms with Crippen molar-refractivity contribution >= 4 is 15.9 Å². The topological polar surface area (TPSA) is 63.4 Å². The van der Waals surface area contributed by atoms with Crippen LogP contribution in [0.15, 0.2) is 24.3 Å². The lowest BCUT2D eigenvalue weighted by Gasteiger charge is -2.34. The number of anilines is 1. The highest BCUT2D eigenvalue weighted by Crippen LogP contribution is 2.31. The van der Waals surface area contributed by atoms with E-state index in [1.54, 1.807) is 6.07 Å². The van der Waals surface area contributed by atoms with Crippen molar-refractivity contribution in [3.8, 4) is 0 Å². The number of benzene rings is 1. The lowest BCUT2D eigenvalue weighted by molar-refractivity contribution is 0.564. The number of rotatable bonds is 1. The Kier molecular flexibility index (Phi) is 2.44. The van der Waals surface area contributed by atoms with Crippen LogP contribution >= 0.6 is 0 Å². The van der Waals surface area contributed by atoms with Gasteiger partial charge in [0.25, 0.3) is 10.2 Å². The Bertz CT molecular complexity index is 470. The molecule has 0 saturated heterocycles. The molecule has 0 saturated carbocycles. The molecule has 2 N–H and O–H groups in total. The summed E-state index contributed by atoms with van der Waals surface area (Å²) in [5.74, 6) is 0. The van der Waals surface area contributed by atoms with Crippen LogP contribution in [0.4, 0.5) is 5.69 Å². The summed E-state index contributed by atoms with van der Waals surface area (Å²) in [6.45, 7) is 1.88. The van der Waals surface area contributed by atoms with Gasteiger partial charge in [-0.1, -0.05) is 18.2 Å². The summed E-state index contributed by atoms with van der Waals surface area (Å²) in [5, 5.41) is 5.21. The van der Waals surface area contributed by atoms with Crippen LogP contribution in [0.5, 0.6) is 0 Å². The maximum absolute atomic E-state index is 11.5. The maximum atomic E-state index is 11.5. The van der Waals surface area contributed by atoms with Crippen LogP contribution in [-0.2, 0) is 16.6 Å². The maximum Gasteiger partial charge on any atom is 0.299 e. The molecular formula is C10H14N2O2S. The van der Waals surface area contributed by atoms with Crippen molar-refractivity contribution < 1.29 is 8.42 Å². The third-order valence-corrected chi connectivity index (χ3v) is 3.84. The van der Waals surface area contributed by atoms with Crippen molar-refractivity contribution in [2.75, 3.05) is 4.31 Å². The summed E-state index contributed by atoms with van der Waals surface area (Å²) in [7, 11) is -3.66. The first-order chi connectivity index (χ1) is 7.00. The zero-order valence-electron chi connectivity index (χ0n) is 8.55. The molecule has 0 aliphatic carbocycles. The van der Waals surface area contributed by atoms with Crippen LogP contribution in [0, 0.1) is 0 Å². The van der Waals surface area contributed by atoms with Gasteiger partial charge in [-0.05, 0) is 31.4 Å². The molecule has 2 rings (SSSR count). The smallest absolute Gasteiger partial charge is 0.255 e. The second-order valence-corrected chi connectivity index (χ2v) is 5.28. The normalized spacial score (nSPS) is 21.2. The van der Waals surface area contributed by atoms with Gasteiger partial charge >= 0.3 is 0 Å². The molecule has 0 fully saturated rings. The molecule has 1 aromatic rings. The summed E-state index contributed by atoms with van der Waals surface area (Å²) in [5.41, 5.74) is 1.77. The molecule has 1 aliphatic rings. The fourth-order valence-electron chi connectivity index (χ4n) is 2.04. The van der Waals surface area contributed by atoms with E-state index in [9.17, 15) is 8.42 Å². The van der Waals surface area contributed by atoms with Crippen molar-refractivity contribution in [1.82, 2.24) is 0 Å². The van der Waals surface area contributed by atoms with Gasteiger partial charge in [-0.15, -0.1) is 0 Å². The molecule has 0 amide bonds. The molecule has 0 bridgehead atoms. The molecular weight excluding hydrogens is 212 g/mol. The molecule has 1 aromatic carbocycles. The number of nitrogens with zero attached hydrogens (tertiary/aromatic N) is 1. The van der Waals surface area contributed by atoms with Gasteiger partial charge in [0.1, 0.15) is 0 Å². The van der Waals surface area contributed by atoms with Gasteiger partial charge in [-0.25, -0.2) is 5.14 Å². The molecule has 1 unspecified atom stereocenters. The fourth-order valence-corrected chi connectivity index (χ4v) is 3.10. The molecule has 1 heterocycles. The average molecular weight is 226 g/mol. The minimum atomic E-state index is -3.66. The molecule has 5 heteroatoms. The lowest BCUT2D eigenvalue weighted by Crippen LogP contribution is -2.45. The summed E-state index contributed by atoms with van der Waals surface area (Å²) in [6.07, 6.45) is 1.72. The van der Waals surface area contributed by atoms with E-state index in [1.807, 2.05) is 25.1 Å². The second kappa shape index (κ2) is 3.50. The fraction of sp³-hybridized carbons (Fsp3) is 0.400. The Morgan fingerprint density at radius 1 is 1.40 bits per heavy atom. The van der Waals surface area contributed by atoms with E-state index in [-0.39, 0.29) is 6.04 Å². The van der Waals surface area contributed by atoms with Crippen molar-refractivity contribution in [3.05, 3.63) is 29.8 Å². The highest BCUT2D eigenvalue weighted by molar-refractivity contribution is 7.90. The van der Waals surface area contributed by atoms with Crippen molar-refractivity contribution in [2.24, 2.45) is 5.14 Å². The second-order valence-electron chi connectivity index (χ2n) is 3.86. The van der Waals surface area contributed by atoms with Crippen LogP contribution in [0.3, 0.4) is 0 Å². The van der Waals surface area contributed by atoms with E-state index >= 15 is 0 Å². The van der Waals surface area contributed by atoms with Gasteiger partial charge < -0.3 is 0 Å². The van der Waals surface area contributed by atoms with E-state index in [1.165, 1.54) is 4.31 Å². The Hall–Kier alpha value is -1.07. The molecule has 1 atom stereocenters. The molecule has 1 aliphatic heterocycles. The largest absolute Gasteiger partial charge is 0.299 e. The summed E-state index contributed by atoms with van der Waals surface area (Å²) in [4.78, 5) is 0. The Labute approximate surface area is 89.9 Å². The molecule has 0 radical (unpaired) electrons. The summed E-state index contributed by atoms with van der Waals surface area (Å²) < 4.78 is 24.2. The molecule has 4 nitrogen and oxygen atoms in total. The lowest BCUT2D eigenvalue weighted by atomic mass is 9.99. The minimum absolute atomic E-state index is 0.0603. The van der Waals surface area contributed by atoms with Gasteiger partial charge in [-0.3, -0.25) is 4.31 Å². The van der Waals surface area contributed by atoms with Crippen molar-refractivity contribution in [3.63, 3.8) is 0 Å². The molecule has 0 aromatic heterocycles. The average Bonchev–Trinajstić information content (AvgIpc) is 2.15. The minimum Gasteiger partial charge on any atom is -0.255 e. The van der Waals surface area contributed by atoms with Crippen LogP contribution in [0.1, 0.15) is 18.9 Å². The van der Waals surface area contributed by atoms with Crippen LogP contribution < -0.4 is 9.44 Å². The molecule has 82 valence electrons. The molecule has 15 heavy (non-hydrogen) atoms. The summed E-state index contributed by atoms with van der Waals surface area (Å²) in [6, 6.07) is 7.43. The van der Waals surface area contributed by atoms with Gasteiger partial charge in [0, 0.05) is 6.04 Å². The molecule has 0 spiro atoms. The van der Waals surface area contributed by atoms with Gasteiger partial charge in [0.15, 0.2) is 0 Å². The first-order valence-electron chi connectivity index (χ1n) is 4.90. The van der Waals surface area contributed by atoms with Crippen molar-refractivity contribution in [2.45, 2.75) is 25.8 Å². The van der Waals surface area contributed by atoms with E-state index in [0.717, 1.165) is 24.1 Å². The van der Waals surface area contributed by atoms with E-state index in [0.29, 0.717) is 0 Å². The predicted molar refractivity (Wildman–Crippen MR) is 59.8 cm³/mol. The van der Waals surface area contributed by atoms with Crippen molar-refractivity contribution in [1.29, 1.82) is 0 Å². The standard InChI is InChI=1S/C10H14N2O2S/c1-8-6-7-9-4-2-3-5-10(9)12(8)15(11,13)14/h2-5,8H,6-7H2,1H3,(H2,11,13,14). The highest BCUT2D eigenvalue weighted by atomic mass is 32.2. The quantitative estimate of drug-likeness (QED) is 0.777. The Morgan fingerprint density at radius 2 is 2.07 bits per heavy atom. The highest BCUT2D eigenvalue weighted by Gasteiger charge is 2.29. The first kappa shape index (κ1) is 10.4. The predicted octanol–water partition coefficient (Wildman–Crippen LogP) is 1.03. The summed E-state index contributed by atoms with van der Waals surface area (Å²) >= 11 is 0. The number of fused-ring (bicyclic) bond motifs is 1. The first-order valence-corrected chi connectivity index (χ1v) is 6.40. The van der Waals surface area contributed by atoms with Gasteiger partial charge in [0.05, 0.1) is 5.69 Å². The third-order valence-electron chi connectivity index (χ3n) is 2.73. The van der Waals surface area contributed by atoms with Crippen LogP contribution in [0.25, 0.3) is 0 Å². The Balaban J connectivity index is 2.56. The number of nitrogens with two attached hydrogens (primary N) is 1. The van der Waals surface area contributed by atoms with E-state index < -0.39 is 10.2 Å². The Morgan fingerprint density at radius 3 is 2.73 bits per heavy atom. The zero-order valence-corrected chi connectivity index (χ0v) is 9.37. The number of para-hydroxylation sites is 1. The van der Waals surface area contributed by atoms with Gasteiger partial charge in [-0.2, -0.15) is 8.42 Å². The van der Waals surface area contributed by atoms with Crippen LogP contribution in [0.2, 0.25) is 0 Å². The van der Waals surface area contributed by atoms with Crippen LogP contribution in [-0.4, -0.2) is 14.5 Å². The van der Waals surface area contributed by atoms with Gasteiger partial charge in [0.2, 0.25) is 0 Å². The number of aryl methyl sites for hydroxylation is 1.